The van der Waals surface area contributed by atoms with Crippen LogP contribution >= 0.6 is 0 Å². The van der Waals surface area contributed by atoms with E-state index in [1.165, 1.54) is 0 Å². The quantitative estimate of drug-likeness (QED) is 0.871. The molecule has 0 unspecified atom stereocenters. The van der Waals surface area contributed by atoms with E-state index in [1.54, 1.807) is 4.90 Å². The lowest BCUT2D eigenvalue weighted by molar-refractivity contribution is -0.138. The summed E-state index contributed by atoms with van der Waals surface area (Å²) in [6, 6.07) is 11.7. The van der Waals surface area contributed by atoms with Gasteiger partial charge in [-0.25, -0.2) is 0 Å². The molecular weight excluding hydrogens is 280 g/mol. The zero-order valence-corrected chi connectivity index (χ0v) is 12.7. The van der Waals surface area contributed by atoms with Crippen LogP contribution in [0.5, 0.6) is 0 Å². The Morgan fingerprint density at radius 1 is 1.27 bits per heavy atom. The maximum absolute atomic E-state index is 12.4. The molecule has 5 nitrogen and oxygen atoms in total. The predicted molar refractivity (Wildman–Crippen MR) is 82.0 cm³/mol. The summed E-state index contributed by atoms with van der Waals surface area (Å²) in [6.45, 7) is 1.78. The molecule has 1 amide bonds. The minimum absolute atomic E-state index is 0.0651. The summed E-state index contributed by atoms with van der Waals surface area (Å²) in [4.78, 5) is 14.1. The zero-order chi connectivity index (χ0) is 15.4. The van der Waals surface area contributed by atoms with Gasteiger partial charge < -0.3 is 14.2 Å². The Bertz CT molecular complexity index is 618. The van der Waals surface area contributed by atoms with Gasteiger partial charge in [0.2, 0.25) is 5.91 Å². The van der Waals surface area contributed by atoms with Gasteiger partial charge in [0.1, 0.15) is 5.69 Å². The second-order valence-electron chi connectivity index (χ2n) is 5.63. The minimum atomic E-state index is 0.0651. The van der Waals surface area contributed by atoms with Crippen molar-refractivity contribution in [3.63, 3.8) is 0 Å². The summed E-state index contributed by atoms with van der Waals surface area (Å²) in [5.41, 5.74) is 1.80. The summed E-state index contributed by atoms with van der Waals surface area (Å²) < 4.78 is 10.7. The topological polar surface area (TPSA) is 55.6 Å². The molecule has 22 heavy (non-hydrogen) atoms. The highest BCUT2D eigenvalue weighted by Crippen LogP contribution is 2.21. The zero-order valence-electron chi connectivity index (χ0n) is 12.7. The largest absolute Gasteiger partial charge is 0.381 e. The van der Waals surface area contributed by atoms with Gasteiger partial charge in [-0.15, -0.1) is 0 Å². The van der Waals surface area contributed by atoms with Crippen molar-refractivity contribution in [1.82, 2.24) is 10.1 Å². The number of amides is 1. The van der Waals surface area contributed by atoms with Crippen LogP contribution in [0.1, 0.15) is 18.6 Å². The van der Waals surface area contributed by atoms with Gasteiger partial charge in [0.15, 0.2) is 5.76 Å². The Labute approximate surface area is 129 Å². The van der Waals surface area contributed by atoms with E-state index >= 15 is 0 Å². The van der Waals surface area contributed by atoms with Crippen molar-refractivity contribution in [2.75, 3.05) is 20.3 Å². The van der Waals surface area contributed by atoms with Crippen LogP contribution in [0.15, 0.2) is 40.9 Å². The van der Waals surface area contributed by atoms with Crippen LogP contribution in [-0.2, 0) is 16.1 Å². The molecule has 1 saturated heterocycles. The maximum atomic E-state index is 12.4. The lowest BCUT2D eigenvalue weighted by Gasteiger charge is -2.25. The van der Waals surface area contributed by atoms with Crippen molar-refractivity contribution < 1.29 is 14.1 Å². The summed E-state index contributed by atoms with van der Waals surface area (Å²) in [5, 5.41) is 4.08. The Balaban J connectivity index is 1.63. The van der Waals surface area contributed by atoms with Gasteiger partial charge in [-0.1, -0.05) is 35.5 Å². The fourth-order valence-electron chi connectivity index (χ4n) is 2.70. The van der Waals surface area contributed by atoms with Crippen molar-refractivity contribution in [2.24, 2.45) is 5.92 Å². The van der Waals surface area contributed by atoms with Crippen LogP contribution < -0.4 is 0 Å². The highest BCUT2D eigenvalue weighted by atomic mass is 16.5. The Morgan fingerprint density at radius 2 is 2.00 bits per heavy atom. The first-order valence-electron chi connectivity index (χ1n) is 7.58. The molecule has 3 rings (SSSR count). The number of aromatic nitrogens is 1. The average molecular weight is 300 g/mol. The fraction of sp³-hybridized carbons (Fsp3) is 0.412. The van der Waals surface area contributed by atoms with Crippen LogP contribution in [0.3, 0.4) is 0 Å². The molecule has 1 fully saturated rings. The number of hydrogen-bond acceptors (Lipinski definition) is 4. The second kappa shape index (κ2) is 6.75. The SMILES string of the molecule is CN(Cc1cc(-c2ccccc2)no1)C(=O)C1CCOCC1. The molecule has 2 aromatic rings. The number of nitrogens with zero attached hydrogens (tertiary/aromatic N) is 2. The molecule has 0 spiro atoms. The highest BCUT2D eigenvalue weighted by Gasteiger charge is 2.25. The van der Waals surface area contributed by atoms with E-state index in [0.29, 0.717) is 25.5 Å². The fourth-order valence-corrected chi connectivity index (χ4v) is 2.70. The Hall–Kier alpha value is -2.14. The predicted octanol–water partition coefficient (Wildman–Crippen LogP) is 2.73. The van der Waals surface area contributed by atoms with Gasteiger partial charge in [0.25, 0.3) is 0 Å². The number of carbonyl (C=O) groups excluding carboxylic acids is 1. The maximum Gasteiger partial charge on any atom is 0.226 e. The number of rotatable bonds is 4. The molecule has 0 radical (unpaired) electrons. The van der Waals surface area contributed by atoms with Gasteiger partial charge in [0.05, 0.1) is 6.54 Å². The first kappa shape index (κ1) is 14.8. The molecule has 1 aliphatic rings. The van der Waals surface area contributed by atoms with E-state index in [4.69, 9.17) is 9.26 Å². The van der Waals surface area contributed by atoms with Crippen molar-refractivity contribution >= 4 is 5.91 Å². The van der Waals surface area contributed by atoms with E-state index in [-0.39, 0.29) is 11.8 Å². The lowest BCUT2D eigenvalue weighted by Crippen LogP contribution is -2.35. The molecule has 0 bridgehead atoms. The summed E-state index contributed by atoms with van der Waals surface area (Å²) in [5.74, 6) is 0.915. The molecule has 0 saturated carbocycles. The highest BCUT2D eigenvalue weighted by molar-refractivity contribution is 5.78. The van der Waals surface area contributed by atoms with E-state index in [0.717, 1.165) is 24.1 Å². The average Bonchev–Trinajstić information content (AvgIpc) is 3.04. The molecule has 0 N–H and O–H groups in total. The van der Waals surface area contributed by atoms with Crippen LogP contribution in [0.4, 0.5) is 0 Å². The second-order valence-corrected chi connectivity index (χ2v) is 5.63. The van der Waals surface area contributed by atoms with Gasteiger partial charge >= 0.3 is 0 Å². The van der Waals surface area contributed by atoms with Crippen LogP contribution in [0.2, 0.25) is 0 Å². The van der Waals surface area contributed by atoms with Gasteiger partial charge in [-0.05, 0) is 12.8 Å². The molecule has 116 valence electrons. The molecule has 0 aliphatic carbocycles. The molecular formula is C17H20N2O3. The third-order valence-corrected chi connectivity index (χ3v) is 3.97. The third kappa shape index (κ3) is 3.36. The first-order chi connectivity index (χ1) is 10.7. The Kier molecular flexibility index (Phi) is 4.53. The van der Waals surface area contributed by atoms with Crippen LogP contribution in [-0.4, -0.2) is 36.2 Å². The van der Waals surface area contributed by atoms with E-state index in [9.17, 15) is 4.79 Å². The standard InChI is InChI=1S/C17H20N2O3/c1-19(17(20)14-7-9-21-10-8-14)12-15-11-16(18-22-15)13-5-3-2-4-6-13/h2-6,11,14H,7-10,12H2,1H3. The first-order valence-corrected chi connectivity index (χ1v) is 7.58. The van der Waals surface area contributed by atoms with Gasteiger partial charge in [-0.3, -0.25) is 4.79 Å². The molecule has 5 heteroatoms. The van der Waals surface area contributed by atoms with Crippen LogP contribution in [0.25, 0.3) is 11.3 Å². The van der Waals surface area contributed by atoms with Crippen molar-refractivity contribution in [3.8, 4) is 11.3 Å². The summed E-state index contributed by atoms with van der Waals surface area (Å²) in [6.07, 6.45) is 1.60. The number of carbonyl (C=O) groups is 1. The molecule has 2 heterocycles. The summed E-state index contributed by atoms with van der Waals surface area (Å²) >= 11 is 0. The lowest BCUT2D eigenvalue weighted by atomic mass is 9.99. The van der Waals surface area contributed by atoms with Crippen molar-refractivity contribution in [3.05, 3.63) is 42.2 Å². The monoisotopic (exact) mass is 300 g/mol. The molecule has 0 atom stereocenters. The molecule has 1 aliphatic heterocycles. The van der Waals surface area contributed by atoms with E-state index < -0.39 is 0 Å². The van der Waals surface area contributed by atoms with Crippen LogP contribution in [0, 0.1) is 5.92 Å². The molecule has 1 aromatic heterocycles. The van der Waals surface area contributed by atoms with E-state index in [2.05, 4.69) is 5.16 Å². The van der Waals surface area contributed by atoms with E-state index in [1.807, 2.05) is 43.4 Å². The summed E-state index contributed by atoms with van der Waals surface area (Å²) in [7, 11) is 1.81. The Morgan fingerprint density at radius 3 is 2.73 bits per heavy atom. The normalized spacial score (nSPS) is 15.7. The van der Waals surface area contributed by atoms with Crippen molar-refractivity contribution in [2.45, 2.75) is 19.4 Å². The number of hydrogen-bond donors (Lipinski definition) is 0. The smallest absolute Gasteiger partial charge is 0.226 e. The van der Waals surface area contributed by atoms with Gasteiger partial charge in [0, 0.05) is 37.8 Å². The third-order valence-electron chi connectivity index (χ3n) is 3.97. The number of ether oxygens (including phenoxy) is 1. The van der Waals surface area contributed by atoms with Crippen molar-refractivity contribution in [1.29, 1.82) is 0 Å². The van der Waals surface area contributed by atoms with Gasteiger partial charge in [-0.2, -0.15) is 0 Å². The number of benzene rings is 1. The minimum Gasteiger partial charge on any atom is -0.381 e. The molecule has 1 aromatic carbocycles.